The molecule has 3 aromatic rings. The average molecular weight is 540 g/mol. The number of azo groups is 1. The normalized spacial score (nSPS) is 11.2. The Morgan fingerprint density at radius 3 is 1.77 bits per heavy atom. The number of pyridine rings is 1. The minimum Gasteiger partial charge on any atom is -1.00 e. The zero-order valence-electron chi connectivity index (χ0n) is 21.5. The van der Waals surface area contributed by atoms with E-state index < -0.39 is 0 Å². The highest BCUT2D eigenvalue weighted by Crippen LogP contribution is 2.31. The van der Waals surface area contributed by atoms with Crippen molar-refractivity contribution in [3.63, 3.8) is 0 Å². The molecule has 0 spiro atoms. The summed E-state index contributed by atoms with van der Waals surface area (Å²) >= 11 is 0. The molecule has 0 aliphatic carbocycles. The molecule has 0 fully saturated rings. The predicted octanol–water partition coefficient (Wildman–Crippen LogP) is 6.22. The molecule has 35 heavy (non-hydrogen) atoms. The van der Waals surface area contributed by atoms with Crippen LogP contribution in [0.15, 0.2) is 71.2 Å². The predicted molar refractivity (Wildman–Crippen MR) is 145 cm³/mol. The number of halogens is 1. The number of hydrogen-bond donors (Lipinski definition) is 1. The SMILES string of the molecule is CCCCCCCCCCCCCCC[n+]1ccc(N=Nc2ccc(N)c3ccccc23)cc1.[Br-]. The Morgan fingerprint density at radius 2 is 1.17 bits per heavy atom. The van der Waals surface area contributed by atoms with Crippen LogP contribution < -0.4 is 27.3 Å². The first-order chi connectivity index (χ1) is 16.8. The molecule has 1 aromatic heterocycles. The van der Waals surface area contributed by atoms with Gasteiger partial charge in [-0.2, -0.15) is 5.11 Å². The lowest BCUT2D eigenvalue weighted by atomic mass is 10.0. The summed E-state index contributed by atoms with van der Waals surface area (Å²) in [4.78, 5) is 0. The van der Waals surface area contributed by atoms with Gasteiger partial charge in [-0.15, -0.1) is 5.11 Å². The molecule has 0 atom stereocenters. The van der Waals surface area contributed by atoms with E-state index in [9.17, 15) is 0 Å². The van der Waals surface area contributed by atoms with Crippen LogP contribution in [0.5, 0.6) is 0 Å². The highest BCUT2D eigenvalue weighted by molar-refractivity contribution is 5.99. The number of nitrogen functional groups attached to an aromatic ring is 1. The van der Waals surface area contributed by atoms with E-state index >= 15 is 0 Å². The first-order valence-electron chi connectivity index (χ1n) is 13.5. The fraction of sp³-hybridized carbons (Fsp3) is 0.500. The van der Waals surface area contributed by atoms with Crippen LogP contribution in [0.1, 0.15) is 90.4 Å². The Morgan fingerprint density at radius 1 is 0.629 bits per heavy atom. The Labute approximate surface area is 222 Å². The molecule has 0 unspecified atom stereocenters. The molecular weight excluding hydrogens is 496 g/mol. The highest BCUT2D eigenvalue weighted by Gasteiger charge is 2.04. The number of nitrogens with two attached hydrogens (primary N) is 1. The largest absolute Gasteiger partial charge is 1.00 e. The van der Waals surface area contributed by atoms with Gasteiger partial charge in [0.2, 0.25) is 0 Å². The van der Waals surface area contributed by atoms with Crippen LogP contribution in [0.2, 0.25) is 0 Å². The van der Waals surface area contributed by atoms with E-state index in [0.717, 1.165) is 34.4 Å². The molecule has 0 radical (unpaired) electrons. The maximum atomic E-state index is 6.08. The van der Waals surface area contributed by atoms with E-state index in [0.29, 0.717) is 0 Å². The van der Waals surface area contributed by atoms with Crippen LogP contribution in [0.25, 0.3) is 10.8 Å². The van der Waals surface area contributed by atoms with Crippen LogP contribution in [0, 0.1) is 0 Å². The van der Waals surface area contributed by atoms with E-state index in [1.807, 2.05) is 48.5 Å². The lowest BCUT2D eigenvalue weighted by molar-refractivity contribution is -0.697. The molecule has 3 rings (SSSR count). The van der Waals surface area contributed by atoms with Gasteiger partial charge in [0.1, 0.15) is 6.54 Å². The van der Waals surface area contributed by atoms with Crippen molar-refractivity contribution in [1.29, 1.82) is 0 Å². The van der Waals surface area contributed by atoms with Crippen molar-refractivity contribution in [1.82, 2.24) is 0 Å². The Bertz CT molecular complexity index is 1000. The summed E-state index contributed by atoms with van der Waals surface area (Å²) in [6, 6.07) is 15.9. The minimum atomic E-state index is 0. The van der Waals surface area contributed by atoms with Crippen molar-refractivity contribution in [3.05, 3.63) is 60.9 Å². The standard InChI is InChI=1S/C30H42N4.BrH/c1-2-3-4-5-6-7-8-9-10-11-12-13-16-23-34-24-21-26(22-25-34)32-33-30-20-19-29(31)27-17-14-15-18-28(27)30;/h14-15,17-22,24-25,31H,2-13,16,23H2,1H3;1H. The van der Waals surface area contributed by atoms with E-state index in [1.165, 1.54) is 83.5 Å². The first-order valence-corrected chi connectivity index (χ1v) is 13.5. The van der Waals surface area contributed by atoms with Gasteiger partial charge in [-0.25, -0.2) is 4.57 Å². The number of aromatic nitrogens is 1. The monoisotopic (exact) mass is 538 g/mol. The summed E-state index contributed by atoms with van der Waals surface area (Å²) in [6.45, 7) is 3.35. The van der Waals surface area contributed by atoms with Gasteiger partial charge in [0.15, 0.2) is 12.4 Å². The summed E-state index contributed by atoms with van der Waals surface area (Å²) in [5.41, 5.74) is 8.55. The fourth-order valence-electron chi connectivity index (χ4n) is 4.48. The van der Waals surface area contributed by atoms with Crippen molar-refractivity contribution in [3.8, 4) is 0 Å². The number of hydrogen-bond acceptors (Lipinski definition) is 3. The molecule has 0 bridgehead atoms. The lowest BCUT2D eigenvalue weighted by Gasteiger charge is -2.04. The van der Waals surface area contributed by atoms with Gasteiger partial charge in [-0.3, -0.25) is 0 Å². The second kappa shape index (κ2) is 17.2. The van der Waals surface area contributed by atoms with Crippen molar-refractivity contribution in [2.45, 2.75) is 96.9 Å². The van der Waals surface area contributed by atoms with Gasteiger partial charge in [0.25, 0.3) is 0 Å². The van der Waals surface area contributed by atoms with Crippen molar-refractivity contribution in [2.24, 2.45) is 10.2 Å². The number of anilines is 1. The van der Waals surface area contributed by atoms with Crippen LogP contribution in [0.3, 0.4) is 0 Å². The molecule has 0 aliphatic heterocycles. The van der Waals surface area contributed by atoms with E-state index in [-0.39, 0.29) is 17.0 Å². The lowest BCUT2D eigenvalue weighted by Crippen LogP contribution is -3.00. The summed E-state index contributed by atoms with van der Waals surface area (Å²) < 4.78 is 2.25. The van der Waals surface area contributed by atoms with Crippen molar-refractivity contribution >= 4 is 27.8 Å². The molecule has 2 aromatic carbocycles. The summed E-state index contributed by atoms with van der Waals surface area (Å²) in [6.07, 6.45) is 22.3. The maximum absolute atomic E-state index is 6.08. The van der Waals surface area contributed by atoms with Crippen LogP contribution in [-0.2, 0) is 6.54 Å². The molecule has 5 heteroatoms. The third kappa shape index (κ3) is 10.5. The van der Waals surface area contributed by atoms with Gasteiger partial charge in [-0.1, -0.05) is 102 Å². The zero-order valence-corrected chi connectivity index (χ0v) is 23.1. The number of aryl methyl sites for hydroxylation is 1. The second-order valence-electron chi connectivity index (χ2n) is 9.46. The number of rotatable bonds is 16. The molecule has 0 saturated carbocycles. The molecule has 2 N–H and O–H groups in total. The van der Waals surface area contributed by atoms with Gasteiger partial charge < -0.3 is 22.7 Å². The van der Waals surface area contributed by atoms with Crippen LogP contribution in [-0.4, -0.2) is 0 Å². The highest BCUT2D eigenvalue weighted by atomic mass is 79.9. The zero-order chi connectivity index (χ0) is 23.8. The number of nitrogens with zero attached hydrogens (tertiary/aromatic N) is 3. The Kier molecular flexibility index (Phi) is 14.2. The molecular formula is C30H43BrN4. The molecule has 1 heterocycles. The molecule has 0 saturated heterocycles. The fourth-order valence-corrected chi connectivity index (χ4v) is 4.48. The van der Waals surface area contributed by atoms with E-state index in [1.54, 1.807) is 0 Å². The Balaban J connectivity index is 0.00000432. The van der Waals surface area contributed by atoms with E-state index in [2.05, 4.69) is 34.1 Å². The van der Waals surface area contributed by atoms with Gasteiger partial charge in [0, 0.05) is 35.0 Å². The average Bonchev–Trinajstić information content (AvgIpc) is 2.87. The van der Waals surface area contributed by atoms with Gasteiger partial charge in [0.05, 0.1) is 11.4 Å². The third-order valence-corrected chi connectivity index (χ3v) is 6.60. The van der Waals surface area contributed by atoms with Gasteiger partial charge in [-0.05, 0) is 18.6 Å². The number of fused-ring (bicyclic) bond motifs is 1. The summed E-state index contributed by atoms with van der Waals surface area (Å²) in [7, 11) is 0. The molecule has 190 valence electrons. The quantitative estimate of drug-likeness (QED) is 0.0999. The first kappa shape index (κ1) is 29.0. The molecule has 0 aliphatic rings. The smallest absolute Gasteiger partial charge is 0.171 e. The number of benzene rings is 2. The van der Waals surface area contributed by atoms with Crippen molar-refractivity contribution in [2.75, 3.05) is 5.73 Å². The van der Waals surface area contributed by atoms with Crippen LogP contribution >= 0.6 is 0 Å². The summed E-state index contributed by atoms with van der Waals surface area (Å²) in [5, 5.41) is 11.0. The van der Waals surface area contributed by atoms with E-state index in [4.69, 9.17) is 5.73 Å². The third-order valence-electron chi connectivity index (χ3n) is 6.60. The summed E-state index contributed by atoms with van der Waals surface area (Å²) in [5.74, 6) is 0. The molecule has 4 nitrogen and oxygen atoms in total. The number of unbranched alkanes of at least 4 members (excludes halogenated alkanes) is 12. The maximum Gasteiger partial charge on any atom is 0.171 e. The molecule has 0 amide bonds. The second-order valence-corrected chi connectivity index (χ2v) is 9.46. The minimum absolute atomic E-state index is 0. The Hall–Kier alpha value is -2.27. The van der Waals surface area contributed by atoms with Crippen molar-refractivity contribution < 1.29 is 21.5 Å². The topological polar surface area (TPSA) is 54.6 Å². The van der Waals surface area contributed by atoms with Gasteiger partial charge >= 0.3 is 0 Å². The van der Waals surface area contributed by atoms with Crippen LogP contribution in [0.4, 0.5) is 17.1 Å².